The highest BCUT2D eigenvalue weighted by Crippen LogP contribution is 2.28. The van der Waals surface area contributed by atoms with Gasteiger partial charge in [0.05, 0.1) is 26.5 Å². The Balaban J connectivity index is 3.01. The zero-order valence-corrected chi connectivity index (χ0v) is 15.6. The average Bonchev–Trinajstić information content (AvgIpc) is 2.38. The van der Waals surface area contributed by atoms with Crippen molar-refractivity contribution in [1.29, 1.82) is 0 Å². The van der Waals surface area contributed by atoms with Gasteiger partial charge < -0.3 is 0 Å². The van der Waals surface area contributed by atoms with Gasteiger partial charge >= 0.3 is 0 Å². The van der Waals surface area contributed by atoms with E-state index in [1.165, 1.54) is 12.1 Å². The average molecular weight is 386 g/mol. The standard InChI is InChI=1S/C14H21ClFNO4S2/c1-14(2,3)22(18)17-12(8-5-9-23(19,20)21)10-6-4-7-11(15)13(10)16/h4,6-7,12,17H,5,8-9H2,1-3H3,(H,19,20,21)/t12-,22+/m0/s1. The minimum Gasteiger partial charge on any atom is -0.286 e. The Morgan fingerprint density at radius 3 is 2.52 bits per heavy atom. The molecule has 1 aromatic rings. The summed E-state index contributed by atoms with van der Waals surface area (Å²) in [5.74, 6) is -1.08. The molecule has 0 aromatic heterocycles. The van der Waals surface area contributed by atoms with Gasteiger partial charge in [-0.05, 0) is 39.7 Å². The van der Waals surface area contributed by atoms with Gasteiger partial charge in [-0.15, -0.1) is 0 Å². The van der Waals surface area contributed by atoms with E-state index in [4.69, 9.17) is 16.2 Å². The fourth-order valence-electron chi connectivity index (χ4n) is 1.84. The van der Waals surface area contributed by atoms with Crippen LogP contribution in [0.5, 0.6) is 0 Å². The highest BCUT2D eigenvalue weighted by atomic mass is 35.5. The SMILES string of the molecule is CC(C)(C)[S@@](=O)N[C@@H](CCCS(=O)(=O)O)c1cccc(Cl)c1F. The van der Waals surface area contributed by atoms with E-state index in [9.17, 15) is 17.0 Å². The maximum absolute atomic E-state index is 14.2. The number of hydrogen-bond donors (Lipinski definition) is 2. The molecule has 2 N–H and O–H groups in total. The topological polar surface area (TPSA) is 83.5 Å². The number of halogens is 2. The van der Waals surface area contributed by atoms with E-state index < -0.39 is 43.5 Å². The lowest BCUT2D eigenvalue weighted by Gasteiger charge is -2.25. The molecule has 0 fully saturated rings. The van der Waals surface area contributed by atoms with E-state index in [2.05, 4.69) is 4.72 Å². The minimum atomic E-state index is -4.10. The summed E-state index contributed by atoms with van der Waals surface area (Å²) in [6.45, 7) is 5.29. The molecular weight excluding hydrogens is 365 g/mol. The highest BCUT2D eigenvalue weighted by Gasteiger charge is 2.26. The van der Waals surface area contributed by atoms with Crippen molar-refractivity contribution in [3.8, 4) is 0 Å². The third-order valence-corrected chi connectivity index (χ3v) is 5.76. The Bertz CT molecular complexity index is 674. The van der Waals surface area contributed by atoms with Crippen molar-refractivity contribution in [3.05, 3.63) is 34.6 Å². The Kier molecular flexibility index (Phi) is 7.15. The summed E-state index contributed by atoms with van der Waals surface area (Å²) in [5, 5.41) is -0.0642. The lowest BCUT2D eigenvalue weighted by Crippen LogP contribution is -2.36. The maximum Gasteiger partial charge on any atom is 0.264 e. The lowest BCUT2D eigenvalue weighted by molar-refractivity contribution is 0.474. The van der Waals surface area contributed by atoms with Crippen LogP contribution in [0.1, 0.15) is 45.2 Å². The zero-order valence-electron chi connectivity index (χ0n) is 13.2. The largest absolute Gasteiger partial charge is 0.286 e. The molecule has 2 atom stereocenters. The van der Waals surface area contributed by atoms with E-state index in [0.717, 1.165) is 0 Å². The minimum absolute atomic E-state index is 0.0642. The lowest BCUT2D eigenvalue weighted by atomic mass is 10.0. The first-order valence-electron chi connectivity index (χ1n) is 6.99. The van der Waals surface area contributed by atoms with Gasteiger partial charge in [0.15, 0.2) is 0 Å². The first-order valence-corrected chi connectivity index (χ1v) is 10.1. The molecule has 9 heteroatoms. The molecule has 0 saturated heterocycles. The molecule has 0 bridgehead atoms. The van der Waals surface area contributed by atoms with Gasteiger partial charge in [0.2, 0.25) is 0 Å². The quantitative estimate of drug-likeness (QED) is 0.706. The Morgan fingerprint density at radius 1 is 1.39 bits per heavy atom. The summed E-state index contributed by atoms with van der Waals surface area (Å²) < 4.78 is 59.2. The van der Waals surface area contributed by atoms with Crippen LogP contribution in [-0.4, -0.2) is 27.7 Å². The summed E-state index contributed by atoms with van der Waals surface area (Å²) in [4.78, 5) is 0. The third kappa shape index (κ3) is 6.84. The maximum atomic E-state index is 14.2. The van der Waals surface area contributed by atoms with Crippen LogP contribution in [0.4, 0.5) is 4.39 Å². The van der Waals surface area contributed by atoms with Crippen LogP contribution < -0.4 is 4.72 Å². The fourth-order valence-corrected chi connectivity index (χ4v) is 3.41. The third-order valence-electron chi connectivity index (χ3n) is 3.06. The molecule has 0 aliphatic heterocycles. The molecule has 1 aromatic carbocycles. The van der Waals surface area contributed by atoms with E-state index >= 15 is 0 Å². The molecule has 0 saturated carbocycles. The Morgan fingerprint density at radius 2 is 2.00 bits per heavy atom. The molecule has 0 spiro atoms. The molecule has 0 heterocycles. The number of benzene rings is 1. The van der Waals surface area contributed by atoms with Crippen molar-refractivity contribution in [2.75, 3.05) is 5.75 Å². The fraction of sp³-hybridized carbons (Fsp3) is 0.571. The van der Waals surface area contributed by atoms with Crippen molar-refractivity contribution in [3.63, 3.8) is 0 Å². The molecule has 5 nitrogen and oxygen atoms in total. The van der Waals surface area contributed by atoms with Crippen molar-refractivity contribution in [2.24, 2.45) is 0 Å². The summed E-state index contributed by atoms with van der Waals surface area (Å²) in [6.07, 6.45) is 0.267. The molecule has 132 valence electrons. The van der Waals surface area contributed by atoms with Gasteiger partial charge in [-0.3, -0.25) is 4.55 Å². The second kappa shape index (κ2) is 8.02. The van der Waals surface area contributed by atoms with E-state index in [0.29, 0.717) is 0 Å². The van der Waals surface area contributed by atoms with Crippen LogP contribution in [0.2, 0.25) is 5.02 Å². The van der Waals surface area contributed by atoms with Gasteiger partial charge in [-0.1, -0.05) is 23.7 Å². The van der Waals surface area contributed by atoms with E-state index in [1.54, 1.807) is 26.8 Å². The predicted molar refractivity (Wildman–Crippen MR) is 90.8 cm³/mol. The molecule has 0 amide bonds. The highest BCUT2D eigenvalue weighted by molar-refractivity contribution is 7.85. The summed E-state index contributed by atoms with van der Waals surface area (Å²) >= 11 is 5.78. The summed E-state index contributed by atoms with van der Waals surface area (Å²) in [5.41, 5.74) is 0.213. The summed E-state index contributed by atoms with van der Waals surface area (Å²) in [7, 11) is -5.58. The molecule has 0 aliphatic carbocycles. The van der Waals surface area contributed by atoms with Crippen molar-refractivity contribution in [2.45, 2.75) is 44.4 Å². The van der Waals surface area contributed by atoms with Gasteiger partial charge in [-0.2, -0.15) is 8.42 Å². The molecule has 0 aliphatic rings. The molecule has 23 heavy (non-hydrogen) atoms. The van der Waals surface area contributed by atoms with Gasteiger partial charge in [-0.25, -0.2) is 13.3 Å². The van der Waals surface area contributed by atoms with Crippen molar-refractivity contribution < 1.29 is 21.6 Å². The van der Waals surface area contributed by atoms with Crippen molar-refractivity contribution >= 4 is 32.7 Å². The summed E-state index contributed by atoms with van der Waals surface area (Å²) in [6, 6.07) is 3.79. The normalized spacial score (nSPS) is 15.4. The van der Waals surface area contributed by atoms with Crippen LogP contribution in [0, 0.1) is 5.82 Å². The first-order chi connectivity index (χ1) is 10.4. The van der Waals surface area contributed by atoms with Crippen molar-refractivity contribution in [1.82, 2.24) is 4.72 Å². The molecule has 1 rings (SSSR count). The van der Waals surface area contributed by atoms with Crippen LogP contribution >= 0.6 is 11.6 Å². The van der Waals surface area contributed by atoms with Crippen LogP contribution in [0.15, 0.2) is 18.2 Å². The number of hydrogen-bond acceptors (Lipinski definition) is 3. The smallest absolute Gasteiger partial charge is 0.264 e. The molecule has 0 radical (unpaired) electrons. The second-order valence-corrected chi connectivity index (χ2v) is 10.1. The molecule has 0 unspecified atom stereocenters. The second-order valence-electron chi connectivity index (χ2n) is 6.12. The van der Waals surface area contributed by atoms with E-state index in [1.807, 2.05) is 0 Å². The zero-order chi connectivity index (χ0) is 17.8. The van der Waals surface area contributed by atoms with Crippen LogP contribution in [0.3, 0.4) is 0 Å². The van der Waals surface area contributed by atoms with Crippen LogP contribution in [-0.2, 0) is 21.1 Å². The first kappa shape index (κ1) is 20.5. The number of rotatable bonds is 7. The van der Waals surface area contributed by atoms with E-state index in [-0.39, 0.29) is 23.4 Å². The Hall–Kier alpha value is -0.540. The van der Waals surface area contributed by atoms with Gasteiger partial charge in [0.25, 0.3) is 10.1 Å². The predicted octanol–water partition coefficient (Wildman–Crippen LogP) is 3.24. The molecular formula is C14H21ClFNO4S2. The van der Waals surface area contributed by atoms with Gasteiger partial charge in [0.1, 0.15) is 5.82 Å². The Labute approximate surface area is 144 Å². The van der Waals surface area contributed by atoms with Gasteiger partial charge in [0, 0.05) is 11.6 Å². The number of nitrogens with one attached hydrogen (secondary N) is 1. The van der Waals surface area contributed by atoms with Crippen LogP contribution in [0.25, 0.3) is 0 Å². The monoisotopic (exact) mass is 385 g/mol.